The maximum Gasteiger partial charge on any atom is 0.233 e. The molecule has 0 aliphatic carbocycles. The number of thioether (sulfide) groups is 1. The second-order valence-corrected chi connectivity index (χ2v) is 8.79. The maximum atomic E-state index is 12.8. The van der Waals surface area contributed by atoms with Crippen molar-refractivity contribution in [1.29, 1.82) is 0 Å². The molecular formula is C22H32N4O2S. The van der Waals surface area contributed by atoms with Crippen LogP contribution in [0.4, 0.5) is 0 Å². The molecule has 0 saturated carbocycles. The molecule has 158 valence electrons. The second-order valence-electron chi connectivity index (χ2n) is 7.85. The molecule has 3 rings (SSSR count). The quantitative estimate of drug-likeness (QED) is 0.627. The summed E-state index contributed by atoms with van der Waals surface area (Å²) >= 11 is 1.47. The van der Waals surface area contributed by atoms with E-state index in [0.717, 1.165) is 41.7 Å². The average molecular weight is 417 g/mol. The number of hydrogen-bond acceptors (Lipinski definition) is 5. The van der Waals surface area contributed by atoms with Crippen molar-refractivity contribution in [2.45, 2.75) is 84.3 Å². The number of hydrogen-bond donors (Lipinski definition) is 0. The number of aryl methyl sites for hydroxylation is 1. The lowest BCUT2D eigenvalue weighted by molar-refractivity contribution is -0.134. The van der Waals surface area contributed by atoms with Gasteiger partial charge in [-0.05, 0) is 71.1 Å². The Labute approximate surface area is 178 Å². The summed E-state index contributed by atoms with van der Waals surface area (Å²) in [5.74, 6) is 2.23. The fraction of sp³-hybridized carbons (Fsp3) is 0.591. The fourth-order valence-electron chi connectivity index (χ4n) is 3.99. The van der Waals surface area contributed by atoms with Crippen LogP contribution in [0, 0.1) is 13.8 Å². The zero-order valence-electron chi connectivity index (χ0n) is 18.1. The van der Waals surface area contributed by atoms with Gasteiger partial charge in [-0.3, -0.25) is 4.79 Å². The molecule has 0 bridgehead atoms. The lowest BCUT2D eigenvalue weighted by atomic mass is 9.98. The zero-order chi connectivity index (χ0) is 21.0. The van der Waals surface area contributed by atoms with E-state index in [4.69, 9.17) is 4.74 Å². The number of nitrogens with zero attached hydrogens (tertiary/aromatic N) is 4. The average Bonchev–Trinajstić information content (AvgIpc) is 3.09. The Morgan fingerprint density at radius 2 is 1.93 bits per heavy atom. The summed E-state index contributed by atoms with van der Waals surface area (Å²) in [4.78, 5) is 14.9. The van der Waals surface area contributed by atoms with E-state index in [9.17, 15) is 4.79 Å². The zero-order valence-corrected chi connectivity index (χ0v) is 19.0. The topological polar surface area (TPSA) is 60.2 Å². The SMILES string of the molecule is CCn1c(COc2cccc(C)c2C)nnc1SCC(=O)N1[C@H](C)CCC[C@@H]1C. The first-order valence-corrected chi connectivity index (χ1v) is 11.5. The summed E-state index contributed by atoms with van der Waals surface area (Å²) in [6, 6.07) is 6.68. The minimum atomic E-state index is 0.188. The summed E-state index contributed by atoms with van der Waals surface area (Å²) < 4.78 is 8.03. The molecule has 1 amide bonds. The van der Waals surface area contributed by atoms with Crippen LogP contribution < -0.4 is 4.74 Å². The summed E-state index contributed by atoms with van der Waals surface area (Å²) in [5.41, 5.74) is 2.34. The Hall–Kier alpha value is -2.02. The number of carbonyl (C=O) groups is 1. The Morgan fingerprint density at radius 1 is 1.21 bits per heavy atom. The van der Waals surface area contributed by atoms with Crippen LogP contribution in [-0.2, 0) is 17.9 Å². The van der Waals surface area contributed by atoms with Crippen LogP contribution in [0.1, 0.15) is 57.0 Å². The number of likely N-dealkylation sites (tertiary alicyclic amines) is 1. The first kappa shape index (κ1) is 21.7. The van der Waals surface area contributed by atoms with E-state index in [1.807, 2.05) is 21.6 Å². The van der Waals surface area contributed by atoms with E-state index in [0.29, 0.717) is 24.4 Å². The van der Waals surface area contributed by atoms with Gasteiger partial charge in [-0.15, -0.1) is 10.2 Å². The predicted molar refractivity (Wildman–Crippen MR) is 116 cm³/mol. The molecule has 2 atom stereocenters. The molecular weight excluding hydrogens is 384 g/mol. The molecule has 6 nitrogen and oxygen atoms in total. The second kappa shape index (κ2) is 9.65. The van der Waals surface area contributed by atoms with Crippen molar-refractivity contribution in [1.82, 2.24) is 19.7 Å². The van der Waals surface area contributed by atoms with Crippen molar-refractivity contribution >= 4 is 17.7 Å². The van der Waals surface area contributed by atoms with Crippen LogP contribution in [0.3, 0.4) is 0 Å². The third kappa shape index (κ3) is 4.94. The maximum absolute atomic E-state index is 12.8. The van der Waals surface area contributed by atoms with Gasteiger partial charge in [0, 0.05) is 18.6 Å². The summed E-state index contributed by atoms with van der Waals surface area (Å²) in [6.45, 7) is 11.6. The largest absolute Gasteiger partial charge is 0.485 e. The van der Waals surface area contributed by atoms with Gasteiger partial charge >= 0.3 is 0 Å². The lowest BCUT2D eigenvalue weighted by Gasteiger charge is -2.39. The number of aromatic nitrogens is 3. The van der Waals surface area contributed by atoms with Crippen molar-refractivity contribution in [2.75, 3.05) is 5.75 Å². The van der Waals surface area contributed by atoms with E-state index in [1.54, 1.807) is 0 Å². The molecule has 2 heterocycles. The first-order chi connectivity index (χ1) is 13.9. The molecule has 0 radical (unpaired) electrons. The molecule has 2 aromatic rings. The molecule has 1 aromatic heterocycles. The molecule has 1 aliphatic heterocycles. The van der Waals surface area contributed by atoms with Gasteiger partial charge in [0.05, 0.1) is 5.75 Å². The van der Waals surface area contributed by atoms with Crippen molar-refractivity contribution in [3.63, 3.8) is 0 Å². The lowest BCUT2D eigenvalue weighted by Crippen LogP contribution is -2.48. The molecule has 7 heteroatoms. The molecule has 1 aromatic carbocycles. The predicted octanol–water partition coefficient (Wildman–Crippen LogP) is 4.38. The summed E-state index contributed by atoms with van der Waals surface area (Å²) in [5, 5.41) is 9.41. The van der Waals surface area contributed by atoms with Gasteiger partial charge in [0.1, 0.15) is 12.4 Å². The van der Waals surface area contributed by atoms with E-state index < -0.39 is 0 Å². The number of carbonyl (C=O) groups excluding carboxylic acids is 1. The minimum absolute atomic E-state index is 0.188. The van der Waals surface area contributed by atoms with Gasteiger partial charge in [0.2, 0.25) is 5.91 Å². The Bertz CT molecular complexity index is 841. The molecule has 0 N–H and O–H groups in total. The normalized spacial score (nSPS) is 19.4. The van der Waals surface area contributed by atoms with Gasteiger partial charge < -0.3 is 14.2 Å². The smallest absolute Gasteiger partial charge is 0.233 e. The van der Waals surface area contributed by atoms with E-state index >= 15 is 0 Å². The van der Waals surface area contributed by atoms with Gasteiger partial charge in [0.25, 0.3) is 0 Å². The molecule has 1 saturated heterocycles. The van der Waals surface area contributed by atoms with Gasteiger partial charge in [-0.2, -0.15) is 0 Å². The first-order valence-electron chi connectivity index (χ1n) is 10.5. The van der Waals surface area contributed by atoms with Crippen LogP contribution >= 0.6 is 11.8 Å². The minimum Gasteiger partial charge on any atom is -0.485 e. The van der Waals surface area contributed by atoms with Crippen LogP contribution in [0.25, 0.3) is 0 Å². The fourth-order valence-corrected chi connectivity index (χ4v) is 4.88. The highest BCUT2D eigenvalue weighted by molar-refractivity contribution is 7.99. The third-order valence-electron chi connectivity index (χ3n) is 5.83. The van der Waals surface area contributed by atoms with Gasteiger partial charge in [-0.1, -0.05) is 23.9 Å². The number of rotatable bonds is 7. The molecule has 1 aliphatic rings. The van der Waals surface area contributed by atoms with Crippen molar-refractivity contribution in [2.24, 2.45) is 0 Å². The molecule has 0 unspecified atom stereocenters. The summed E-state index contributed by atoms with van der Waals surface area (Å²) in [7, 11) is 0. The third-order valence-corrected chi connectivity index (χ3v) is 6.78. The number of ether oxygens (including phenoxy) is 1. The number of amides is 1. The molecule has 29 heavy (non-hydrogen) atoms. The highest BCUT2D eigenvalue weighted by Gasteiger charge is 2.29. The number of benzene rings is 1. The highest BCUT2D eigenvalue weighted by atomic mass is 32.2. The van der Waals surface area contributed by atoms with Crippen molar-refractivity contribution in [3.05, 3.63) is 35.2 Å². The monoisotopic (exact) mass is 416 g/mol. The Balaban J connectivity index is 1.63. The van der Waals surface area contributed by atoms with E-state index in [2.05, 4.69) is 50.9 Å². The van der Waals surface area contributed by atoms with Crippen LogP contribution in [-0.4, -0.2) is 43.4 Å². The highest BCUT2D eigenvalue weighted by Crippen LogP contribution is 2.26. The van der Waals surface area contributed by atoms with Gasteiger partial charge in [-0.25, -0.2) is 0 Å². The van der Waals surface area contributed by atoms with Crippen LogP contribution in [0.2, 0.25) is 0 Å². The van der Waals surface area contributed by atoms with Gasteiger partial charge in [0.15, 0.2) is 11.0 Å². The summed E-state index contributed by atoms with van der Waals surface area (Å²) in [6.07, 6.45) is 3.38. The van der Waals surface area contributed by atoms with Crippen molar-refractivity contribution in [3.8, 4) is 5.75 Å². The molecule has 1 fully saturated rings. The number of piperidine rings is 1. The van der Waals surface area contributed by atoms with Crippen LogP contribution in [0.5, 0.6) is 5.75 Å². The molecule has 0 spiro atoms. The standard InChI is InChI=1S/C22H32N4O2S/c1-6-25-20(13-28-19-12-7-9-15(2)18(19)5)23-24-22(25)29-14-21(27)26-16(3)10-8-11-17(26)4/h7,9,12,16-17H,6,8,10-11,13-14H2,1-5H3/t16-,17+. The van der Waals surface area contributed by atoms with E-state index in [-0.39, 0.29) is 5.91 Å². The van der Waals surface area contributed by atoms with Crippen LogP contribution in [0.15, 0.2) is 23.4 Å². The Morgan fingerprint density at radius 3 is 2.62 bits per heavy atom. The van der Waals surface area contributed by atoms with Crippen molar-refractivity contribution < 1.29 is 9.53 Å². The van der Waals surface area contributed by atoms with E-state index in [1.165, 1.54) is 23.7 Å². The Kier molecular flexibility index (Phi) is 7.22.